The zero-order valence-electron chi connectivity index (χ0n) is 11.0. The predicted molar refractivity (Wildman–Crippen MR) is 69.1 cm³/mol. The van der Waals surface area contributed by atoms with E-state index in [1.807, 2.05) is 25.1 Å². The van der Waals surface area contributed by atoms with Gasteiger partial charge >= 0.3 is 0 Å². The molecule has 0 spiro atoms. The van der Waals surface area contributed by atoms with Crippen LogP contribution in [0.25, 0.3) is 0 Å². The molecule has 1 aromatic carbocycles. The minimum absolute atomic E-state index is 0.250. The Morgan fingerprint density at radius 1 is 1.21 bits per heavy atom. The SMILES string of the molecule is COc1cc(C)ccc1OCCc1nnc(CN)o1. The summed E-state index contributed by atoms with van der Waals surface area (Å²) < 4.78 is 16.2. The molecular weight excluding hydrogens is 246 g/mol. The topological polar surface area (TPSA) is 83.4 Å². The lowest BCUT2D eigenvalue weighted by molar-refractivity contribution is 0.285. The van der Waals surface area contributed by atoms with E-state index in [1.54, 1.807) is 7.11 Å². The highest BCUT2D eigenvalue weighted by Gasteiger charge is 2.07. The Balaban J connectivity index is 1.92. The van der Waals surface area contributed by atoms with E-state index in [0.29, 0.717) is 36.3 Å². The van der Waals surface area contributed by atoms with Gasteiger partial charge in [0.15, 0.2) is 11.5 Å². The third kappa shape index (κ3) is 3.45. The molecule has 2 aromatic rings. The van der Waals surface area contributed by atoms with E-state index in [1.165, 1.54) is 0 Å². The highest BCUT2D eigenvalue weighted by molar-refractivity contribution is 5.42. The second kappa shape index (κ2) is 6.19. The molecule has 0 bridgehead atoms. The molecule has 19 heavy (non-hydrogen) atoms. The Kier molecular flexibility index (Phi) is 4.35. The van der Waals surface area contributed by atoms with Crippen molar-refractivity contribution in [3.8, 4) is 11.5 Å². The van der Waals surface area contributed by atoms with Crippen LogP contribution in [0.2, 0.25) is 0 Å². The van der Waals surface area contributed by atoms with Gasteiger partial charge in [-0.2, -0.15) is 0 Å². The summed E-state index contributed by atoms with van der Waals surface area (Å²) in [6.07, 6.45) is 0.532. The molecule has 0 aliphatic rings. The molecular formula is C13H17N3O3. The molecule has 102 valence electrons. The Labute approximate surface area is 111 Å². The van der Waals surface area contributed by atoms with Crippen LogP contribution in [0, 0.1) is 6.92 Å². The fourth-order valence-corrected chi connectivity index (χ4v) is 1.61. The molecule has 0 amide bonds. The van der Waals surface area contributed by atoms with Crippen LogP contribution in [0.4, 0.5) is 0 Å². The monoisotopic (exact) mass is 263 g/mol. The number of ether oxygens (including phenoxy) is 2. The summed E-state index contributed by atoms with van der Waals surface area (Å²) in [7, 11) is 1.62. The van der Waals surface area contributed by atoms with Gasteiger partial charge in [-0.25, -0.2) is 0 Å². The molecule has 6 heteroatoms. The lowest BCUT2D eigenvalue weighted by Crippen LogP contribution is -2.03. The summed E-state index contributed by atoms with van der Waals surface area (Å²) in [6, 6.07) is 5.78. The van der Waals surface area contributed by atoms with Crippen LogP contribution < -0.4 is 15.2 Å². The maximum Gasteiger partial charge on any atom is 0.230 e. The van der Waals surface area contributed by atoms with Crippen LogP contribution in [0.1, 0.15) is 17.3 Å². The Bertz CT molecular complexity index is 540. The molecule has 0 aliphatic heterocycles. The van der Waals surface area contributed by atoms with Gasteiger partial charge in [0.2, 0.25) is 11.8 Å². The molecule has 0 aliphatic carbocycles. The summed E-state index contributed by atoms with van der Waals surface area (Å²) >= 11 is 0. The van der Waals surface area contributed by atoms with Crippen molar-refractivity contribution in [3.05, 3.63) is 35.5 Å². The number of nitrogens with zero attached hydrogens (tertiary/aromatic N) is 2. The minimum Gasteiger partial charge on any atom is -0.493 e. The molecule has 0 atom stereocenters. The molecule has 2 N–H and O–H groups in total. The number of aromatic nitrogens is 2. The van der Waals surface area contributed by atoms with E-state index in [4.69, 9.17) is 19.6 Å². The highest BCUT2D eigenvalue weighted by atomic mass is 16.5. The van der Waals surface area contributed by atoms with E-state index in [0.717, 1.165) is 5.56 Å². The van der Waals surface area contributed by atoms with Gasteiger partial charge in [-0.15, -0.1) is 10.2 Å². The first-order valence-corrected chi connectivity index (χ1v) is 6.01. The van der Waals surface area contributed by atoms with Gasteiger partial charge in [-0.3, -0.25) is 0 Å². The van der Waals surface area contributed by atoms with Crippen molar-refractivity contribution in [1.29, 1.82) is 0 Å². The first kappa shape index (κ1) is 13.4. The summed E-state index contributed by atoms with van der Waals surface area (Å²) in [5, 5.41) is 7.65. The van der Waals surface area contributed by atoms with Crippen LogP contribution in [0.15, 0.2) is 22.6 Å². The van der Waals surface area contributed by atoms with Gasteiger partial charge in [0.1, 0.15) is 0 Å². The van der Waals surface area contributed by atoms with Crippen molar-refractivity contribution in [2.75, 3.05) is 13.7 Å². The number of methoxy groups -OCH3 is 1. The van der Waals surface area contributed by atoms with Crippen molar-refractivity contribution >= 4 is 0 Å². The number of benzene rings is 1. The second-order valence-electron chi connectivity index (χ2n) is 4.05. The van der Waals surface area contributed by atoms with E-state index < -0.39 is 0 Å². The molecule has 1 heterocycles. The van der Waals surface area contributed by atoms with Crippen LogP contribution in [0.5, 0.6) is 11.5 Å². The van der Waals surface area contributed by atoms with Gasteiger partial charge in [0.25, 0.3) is 0 Å². The normalized spacial score (nSPS) is 10.5. The molecule has 6 nitrogen and oxygen atoms in total. The summed E-state index contributed by atoms with van der Waals surface area (Å²) in [5.74, 6) is 2.37. The van der Waals surface area contributed by atoms with Gasteiger partial charge in [0, 0.05) is 0 Å². The third-order valence-electron chi connectivity index (χ3n) is 2.58. The largest absolute Gasteiger partial charge is 0.493 e. The first-order chi connectivity index (χ1) is 9.22. The highest BCUT2D eigenvalue weighted by Crippen LogP contribution is 2.27. The van der Waals surface area contributed by atoms with Gasteiger partial charge in [0.05, 0.1) is 26.7 Å². The van der Waals surface area contributed by atoms with E-state index in [-0.39, 0.29) is 6.54 Å². The molecule has 0 saturated carbocycles. The van der Waals surface area contributed by atoms with E-state index in [9.17, 15) is 0 Å². The maximum atomic E-state index is 5.65. The van der Waals surface area contributed by atoms with Crippen LogP contribution in [-0.4, -0.2) is 23.9 Å². The van der Waals surface area contributed by atoms with Crippen molar-refractivity contribution in [2.45, 2.75) is 19.9 Å². The van der Waals surface area contributed by atoms with Crippen molar-refractivity contribution < 1.29 is 13.9 Å². The maximum absolute atomic E-state index is 5.65. The number of hydrogen-bond acceptors (Lipinski definition) is 6. The second-order valence-corrected chi connectivity index (χ2v) is 4.05. The van der Waals surface area contributed by atoms with Crippen LogP contribution in [-0.2, 0) is 13.0 Å². The standard InChI is InChI=1S/C13H17N3O3/c1-9-3-4-10(11(7-9)17-2)18-6-5-12-15-16-13(8-14)19-12/h3-4,7H,5-6,8,14H2,1-2H3. The number of nitrogens with two attached hydrogens (primary N) is 1. The average Bonchev–Trinajstić information content (AvgIpc) is 2.88. The van der Waals surface area contributed by atoms with Crippen molar-refractivity contribution in [1.82, 2.24) is 10.2 Å². The zero-order chi connectivity index (χ0) is 13.7. The Morgan fingerprint density at radius 3 is 2.68 bits per heavy atom. The van der Waals surface area contributed by atoms with Crippen molar-refractivity contribution in [2.24, 2.45) is 5.73 Å². The predicted octanol–water partition coefficient (Wildman–Crippen LogP) is 1.47. The third-order valence-corrected chi connectivity index (χ3v) is 2.58. The fourth-order valence-electron chi connectivity index (χ4n) is 1.61. The average molecular weight is 263 g/mol. The molecule has 1 aromatic heterocycles. The van der Waals surface area contributed by atoms with E-state index >= 15 is 0 Å². The summed E-state index contributed by atoms with van der Waals surface area (Å²) in [4.78, 5) is 0. The van der Waals surface area contributed by atoms with E-state index in [2.05, 4.69) is 10.2 Å². The molecule has 0 saturated heterocycles. The van der Waals surface area contributed by atoms with Crippen molar-refractivity contribution in [3.63, 3.8) is 0 Å². The summed E-state index contributed by atoms with van der Waals surface area (Å²) in [5.41, 5.74) is 6.51. The lowest BCUT2D eigenvalue weighted by atomic mass is 10.2. The number of rotatable bonds is 6. The number of aryl methyl sites for hydroxylation is 1. The van der Waals surface area contributed by atoms with Gasteiger partial charge < -0.3 is 19.6 Å². The molecule has 0 fully saturated rings. The lowest BCUT2D eigenvalue weighted by Gasteiger charge is -2.10. The van der Waals surface area contributed by atoms with Gasteiger partial charge in [-0.1, -0.05) is 6.07 Å². The number of hydrogen-bond donors (Lipinski definition) is 1. The molecule has 0 radical (unpaired) electrons. The quantitative estimate of drug-likeness (QED) is 0.849. The van der Waals surface area contributed by atoms with Gasteiger partial charge in [-0.05, 0) is 24.6 Å². The summed E-state index contributed by atoms with van der Waals surface area (Å²) in [6.45, 7) is 2.68. The Hall–Kier alpha value is -2.08. The Morgan fingerprint density at radius 2 is 2.00 bits per heavy atom. The smallest absolute Gasteiger partial charge is 0.230 e. The molecule has 0 unspecified atom stereocenters. The minimum atomic E-state index is 0.250. The van der Waals surface area contributed by atoms with Crippen LogP contribution in [0.3, 0.4) is 0 Å². The fraction of sp³-hybridized carbons (Fsp3) is 0.385. The zero-order valence-corrected chi connectivity index (χ0v) is 11.0. The van der Waals surface area contributed by atoms with Crippen LogP contribution >= 0.6 is 0 Å². The molecule has 2 rings (SSSR count). The first-order valence-electron chi connectivity index (χ1n) is 6.01.